The SMILES string of the molecule is CC1CNc2ccc(F)cc2O1. The highest BCUT2D eigenvalue weighted by molar-refractivity contribution is 5.57. The predicted molar refractivity (Wildman–Crippen MR) is 45.0 cm³/mol. The van der Waals surface area contributed by atoms with Crippen molar-refractivity contribution in [1.82, 2.24) is 0 Å². The van der Waals surface area contributed by atoms with Gasteiger partial charge < -0.3 is 10.1 Å². The Bertz CT molecular complexity index is 301. The van der Waals surface area contributed by atoms with Crippen molar-refractivity contribution in [2.45, 2.75) is 13.0 Å². The van der Waals surface area contributed by atoms with E-state index in [1.165, 1.54) is 12.1 Å². The highest BCUT2D eigenvalue weighted by Gasteiger charge is 2.14. The third kappa shape index (κ3) is 1.22. The highest BCUT2D eigenvalue weighted by Crippen LogP contribution is 2.29. The Kier molecular flexibility index (Phi) is 1.64. The van der Waals surface area contributed by atoms with Crippen molar-refractivity contribution in [3.05, 3.63) is 24.0 Å². The van der Waals surface area contributed by atoms with Crippen LogP contribution in [0.3, 0.4) is 0 Å². The molecule has 0 aromatic heterocycles. The van der Waals surface area contributed by atoms with Crippen LogP contribution in [0.25, 0.3) is 0 Å². The molecule has 2 nitrogen and oxygen atoms in total. The Morgan fingerprint density at radius 1 is 1.58 bits per heavy atom. The molecule has 2 rings (SSSR count). The molecule has 0 saturated heterocycles. The molecule has 1 heterocycles. The first-order chi connectivity index (χ1) is 5.75. The van der Waals surface area contributed by atoms with Crippen LogP contribution < -0.4 is 10.1 Å². The maximum atomic E-state index is 12.7. The molecule has 1 N–H and O–H groups in total. The van der Waals surface area contributed by atoms with Crippen LogP contribution in [-0.4, -0.2) is 12.6 Å². The molecule has 0 aliphatic carbocycles. The van der Waals surface area contributed by atoms with Crippen LogP contribution in [0.15, 0.2) is 18.2 Å². The fraction of sp³-hybridized carbons (Fsp3) is 0.333. The average molecular weight is 167 g/mol. The van der Waals surface area contributed by atoms with Crippen molar-refractivity contribution in [2.24, 2.45) is 0 Å². The van der Waals surface area contributed by atoms with Gasteiger partial charge in [-0.2, -0.15) is 0 Å². The Morgan fingerprint density at radius 2 is 2.42 bits per heavy atom. The van der Waals surface area contributed by atoms with Gasteiger partial charge in [0.1, 0.15) is 17.7 Å². The van der Waals surface area contributed by atoms with Gasteiger partial charge in [-0.15, -0.1) is 0 Å². The topological polar surface area (TPSA) is 21.3 Å². The fourth-order valence-electron chi connectivity index (χ4n) is 1.25. The van der Waals surface area contributed by atoms with Crippen molar-refractivity contribution in [3.8, 4) is 5.75 Å². The summed E-state index contributed by atoms with van der Waals surface area (Å²) in [6.45, 7) is 2.72. The summed E-state index contributed by atoms with van der Waals surface area (Å²) in [5, 5.41) is 3.15. The van der Waals surface area contributed by atoms with Crippen molar-refractivity contribution in [1.29, 1.82) is 0 Å². The number of benzene rings is 1. The number of anilines is 1. The smallest absolute Gasteiger partial charge is 0.145 e. The lowest BCUT2D eigenvalue weighted by atomic mass is 10.2. The molecule has 0 saturated carbocycles. The monoisotopic (exact) mass is 167 g/mol. The highest BCUT2D eigenvalue weighted by atomic mass is 19.1. The normalized spacial score (nSPS) is 20.7. The largest absolute Gasteiger partial charge is 0.487 e. The van der Waals surface area contributed by atoms with E-state index >= 15 is 0 Å². The maximum Gasteiger partial charge on any atom is 0.145 e. The zero-order valence-electron chi connectivity index (χ0n) is 6.80. The molecule has 0 amide bonds. The van der Waals surface area contributed by atoms with Gasteiger partial charge in [0.05, 0.1) is 12.2 Å². The molecule has 12 heavy (non-hydrogen) atoms. The number of nitrogens with one attached hydrogen (secondary N) is 1. The summed E-state index contributed by atoms with van der Waals surface area (Å²) in [5.74, 6) is 0.346. The number of rotatable bonds is 0. The van der Waals surface area contributed by atoms with Gasteiger partial charge >= 0.3 is 0 Å². The lowest BCUT2D eigenvalue weighted by Gasteiger charge is -2.24. The van der Waals surface area contributed by atoms with E-state index in [9.17, 15) is 4.39 Å². The summed E-state index contributed by atoms with van der Waals surface area (Å²) in [6, 6.07) is 4.51. The summed E-state index contributed by atoms with van der Waals surface area (Å²) in [7, 11) is 0. The third-order valence-corrected chi connectivity index (χ3v) is 1.85. The molecule has 1 aromatic rings. The molecular weight excluding hydrogens is 157 g/mol. The Morgan fingerprint density at radius 3 is 3.25 bits per heavy atom. The molecule has 0 fully saturated rings. The van der Waals surface area contributed by atoms with Gasteiger partial charge in [-0.25, -0.2) is 4.39 Å². The van der Waals surface area contributed by atoms with E-state index in [4.69, 9.17) is 4.74 Å². The van der Waals surface area contributed by atoms with Gasteiger partial charge in [0.25, 0.3) is 0 Å². The first-order valence-electron chi connectivity index (χ1n) is 3.96. The van der Waals surface area contributed by atoms with Crippen LogP contribution in [0, 0.1) is 5.82 Å². The van der Waals surface area contributed by atoms with Gasteiger partial charge in [0.2, 0.25) is 0 Å². The second kappa shape index (κ2) is 2.66. The van der Waals surface area contributed by atoms with E-state index in [-0.39, 0.29) is 11.9 Å². The van der Waals surface area contributed by atoms with Crippen molar-refractivity contribution >= 4 is 5.69 Å². The standard InChI is InChI=1S/C9H10FNO/c1-6-5-11-8-3-2-7(10)4-9(8)12-6/h2-4,6,11H,5H2,1H3. The zero-order chi connectivity index (χ0) is 8.55. The lowest BCUT2D eigenvalue weighted by molar-refractivity contribution is 0.225. The Labute approximate surface area is 70.3 Å². The average Bonchev–Trinajstić information content (AvgIpc) is 2.03. The van der Waals surface area contributed by atoms with Crippen LogP contribution >= 0.6 is 0 Å². The minimum absolute atomic E-state index is 0.110. The van der Waals surface area contributed by atoms with Crippen LogP contribution in [-0.2, 0) is 0 Å². The molecule has 0 radical (unpaired) electrons. The van der Waals surface area contributed by atoms with Crippen molar-refractivity contribution in [2.75, 3.05) is 11.9 Å². The van der Waals surface area contributed by atoms with Crippen LogP contribution in [0.5, 0.6) is 5.75 Å². The minimum atomic E-state index is -0.260. The molecule has 1 aromatic carbocycles. The second-order valence-electron chi connectivity index (χ2n) is 2.95. The fourth-order valence-corrected chi connectivity index (χ4v) is 1.25. The zero-order valence-corrected chi connectivity index (χ0v) is 6.80. The van der Waals surface area contributed by atoms with Gasteiger partial charge in [-0.3, -0.25) is 0 Å². The summed E-state index contributed by atoms with van der Waals surface area (Å²) >= 11 is 0. The van der Waals surface area contributed by atoms with Gasteiger partial charge in [-0.1, -0.05) is 0 Å². The molecule has 1 unspecified atom stereocenters. The summed E-state index contributed by atoms with van der Waals surface area (Å²) in [5.41, 5.74) is 0.870. The minimum Gasteiger partial charge on any atom is -0.487 e. The molecule has 1 atom stereocenters. The molecular formula is C9H10FNO. The van der Waals surface area contributed by atoms with E-state index in [0.717, 1.165) is 12.2 Å². The molecule has 64 valence electrons. The molecule has 0 spiro atoms. The quantitative estimate of drug-likeness (QED) is 0.638. The predicted octanol–water partition coefficient (Wildman–Crippen LogP) is 2.02. The van der Waals surface area contributed by atoms with E-state index in [2.05, 4.69) is 5.32 Å². The van der Waals surface area contributed by atoms with Gasteiger partial charge in [0.15, 0.2) is 0 Å². The Balaban J connectivity index is 2.37. The van der Waals surface area contributed by atoms with E-state index < -0.39 is 0 Å². The molecule has 1 aliphatic rings. The van der Waals surface area contributed by atoms with Crippen molar-refractivity contribution < 1.29 is 9.13 Å². The summed E-state index contributed by atoms with van der Waals surface area (Å²) in [6.07, 6.45) is 0.110. The van der Waals surface area contributed by atoms with Gasteiger partial charge in [-0.05, 0) is 19.1 Å². The van der Waals surface area contributed by atoms with Crippen LogP contribution in [0.1, 0.15) is 6.92 Å². The Hall–Kier alpha value is -1.25. The van der Waals surface area contributed by atoms with Crippen molar-refractivity contribution in [3.63, 3.8) is 0 Å². The van der Waals surface area contributed by atoms with E-state index in [1.807, 2.05) is 6.92 Å². The van der Waals surface area contributed by atoms with E-state index in [1.54, 1.807) is 6.07 Å². The van der Waals surface area contributed by atoms with E-state index in [0.29, 0.717) is 5.75 Å². The number of halogens is 1. The number of hydrogen-bond donors (Lipinski definition) is 1. The summed E-state index contributed by atoms with van der Waals surface area (Å²) in [4.78, 5) is 0. The third-order valence-electron chi connectivity index (χ3n) is 1.85. The van der Waals surface area contributed by atoms with Crippen LogP contribution in [0.2, 0.25) is 0 Å². The first kappa shape index (κ1) is 7.40. The molecule has 1 aliphatic heterocycles. The maximum absolute atomic E-state index is 12.7. The van der Waals surface area contributed by atoms with Crippen LogP contribution in [0.4, 0.5) is 10.1 Å². The number of fused-ring (bicyclic) bond motifs is 1. The molecule has 3 heteroatoms. The number of hydrogen-bond acceptors (Lipinski definition) is 2. The lowest BCUT2D eigenvalue weighted by Crippen LogP contribution is -2.27. The molecule has 0 bridgehead atoms. The second-order valence-corrected chi connectivity index (χ2v) is 2.95. The number of ether oxygens (including phenoxy) is 1. The first-order valence-corrected chi connectivity index (χ1v) is 3.96. The summed E-state index contributed by atoms with van der Waals surface area (Å²) < 4.78 is 18.1. The van der Waals surface area contributed by atoms with Gasteiger partial charge in [0, 0.05) is 6.07 Å².